The molecule has 0 radical (unpaired) electrons. The summed E-state index contributed by atoms with van der Waals surface area (Å²) in [7, 11) is 0. The van der Waals surface area contributed by atoms with Crippen LogP contribution in [0, 0.1) is 12.8 Å². The minimum absolute atomic E-state index is 0.0496. The van der Waals surface area contributed by atoms with Gasteiger partial charge in [-0.05, 0) is 44.2 Å². The largest absolute Gasteiger partial charge is 0.481 e. The van der Waals surface area contributed by atoms with E-state index >= 15 is 0 Å². The fraction of sp³-hybridized carbons (Fsp3) is 0.600. The predicted octanol–water partition coefficient (Wildman–Crippen LogP) is 2.52. The lowest BCUT2D eigenvalue weighted by Gasteiger charge is -2.26. The number of carboxylic acids is 1. The van der Waals surface area contributed by atoms with Crippen molar-refractivity contribution >= 4 is 11.9 Å². The van der Waals surface area contributed by atoms with Gasteiger partial charge in [0, 0.05) is 12.5 Å². The molecular weight excluding hydrogens is 258 g/mol. The summed E-state index contributed by atoms with van der Waals surface area (Å²) in [4.78, 5) is 23.0. The third kappa shape index (κ3) is 3.21. The van der Waals surface area contributed by atoms with Gasteiger partial charge in [-0.1, -0.05) is 6.92 Å². The zero-order valence-corrected chi connectivity index (χ0v) is 11.9. The highest BCUT2D eigenvalue weighted by molar-refractivity contribution is 5.92. The number of hydrogen-bond acceptors (Lipinski definition) is 3. The van der Waals surface area contributed by atoms with Crippen LogP contribution in [0.3, 0.4) is 0 Å². The van der Waals surface area contributed by atoms with Crippen molar-refractivity contribution in [1.82, 2.24) is 5.32 Å². The summed E-state index contributed by atoms with van der Waals surface area (Å²) in [5.74, 6) is -0.0132. The fourth-order valence-electron chi connectivity index (χ4n) is 2.72. The van der Waals surface area contributed by atoms with Crippen LogP contribution in [0.2, 0.25) is 0 Å². The van der Waals surface area contributed by atoms with Crippen molar-refractivity contribution in [2.75, 3.05) is 0 Å². The van der Waals surface area contributed by atoms with Crippen molar-refractivity contribution in [1.29, 1.82) is 0 Å². The highest BCUT2D eigenvalue weighted by atomic mass is 16.4. The highest BCUT2D eigenvalue weighted by Crippen LogP contribution is 2.25. The Hall–Kier alpha value is -1.78. The molecule has 0 saturated heterocycles. The molecule has 1 aliphatic rings. The molecule has 5 nitrogen and oxygen atoms in total. The molecule has 0 unspecified atom stereocenters. The lowest BCUT2D eigenvalue weighted by molar-refractivity contribution is -0.142. The topological polar surface area (TPSA) is 79.5 Å². The lowest BCUT2D eigenvalue weighted by atomic mass is 9.86. The van der Waals surface area contributed by atoms with Crippen molar-refractivity contribution in [2.45, 2.75) is 52.0 Å². The van der Waals surface area contributed by atoms with E-state index in [1.807, 2.05) is 13.8 Å². The zero-order valence-electron chi connectivity index (χ0n) is 11.9. The monoisotopic (exact) mass is 279 g/mol. The summed E-state index contributed by atoms with van der Waals surface area (Å²) in [6, 6.07) is 1.81. The number of nitrogens with one attached hydrogen (secondary N) is 1. The maximum Gasteiger partial charge on any atom is 0.306 e. The average Bonchev–Trinajstić information content (AvgIpc) is 2.80. The van der Waals surface area contributed by atoms with Gasteiger partial charge in [-0.3, -0.25) is 9.59 Å². The Morgan fingerprint density at radius 2 is 2.00 bits per heavy atom. The lowest BCUT2D eigenvalue weighted by Crippen LogP contribution is -2.38. The van der Waals surface area contributed by atoms with Crippen molar-refractivity contribution < 1.29 is 19.1 Å². The van der Waals surface area contributed by atoms with E-state index in [-0.39, 0.29) is 17.9 Å². The molecule has 1 saturated carbocycles. The Morgan fingerprint density at radius 3 is 2.50 bits per heavy atom. The zero-order chi connectivity index (χ0) is 14.7. The first-order valence-corrected chi connectivity index (χ1v) is 7.14. The van der Waals surface area contributed by atoms with Gasteiger partial charge in [0.15, 0.2) is 5.76 Å². The van der Waals surface area contributed by atoms with E-state index < -0.39 is 5.97 Å². The summed E-state index contributed by atoms with van der Waals surface area (Å²) < 4.78 is 5.52. The number of hydrogen-bond donors (Lipinski definition) is 2. The number of furan rings is 1. The van der Waals surface area contributed by atoms with E-state index in [0.29, 0.717) is 31.4 Å². The molecule has 2 N–H and O–H groups in total. The van der Waals surface area contributed by atoms with Crippen molar-refractivity contribution in [3.05, 3.63) is 23.2 Å². The SMILES string of the molecule is CCc1oc(C(=O)NC2CCC(C(=O)O)CC2)cc1C. The fourth-order valence-corrected chi connectivity index (χ4v) is 2.72. The van der Waals surface area contributed by atoms with Crippen molar-refractivity contribution in [2.24, 2.45) is 5.92 Å². The second kappa shape index (κ2) is 6.11. The third-order valence-electron chi connectivity index (χ3n) is 3.98. The summed E-state index contributed by atoms with van der Waals surface area (Å²) in [6.45, 7) is 3.91. The molecule has 110 valence electrons. The van der Waals surface area contributed by atoms with Crippen LogP contribution >= 0.6 is 0 Å². The Balaban J connectivity index is 1.90. The molecule has 1 amide bonds. The highest BCUT2D eigenvalue weighted by Gasteiger charge is 2.27. The van der Waals surface area contributed by atoms with Crippen LogP contribution in [-0.2, 0) is 11.2 Å². The molecule has 0 spiro atoms. The van der Waals surface area contributed by atoms with Gasteiger partial charge in [0.05, 0.1) is 5.92 Å². The van der Waals surface area contributed by atoms with Gasteiger partial charge in [0.1, 0.15) is 5.76 Å². The molecule has 0 aromatic carbocycles. The Kier molecular flexibility index (Phi) is 4.47. The molecule has 0 bridgehead atoms. The minimum Gasteiger partial charge on any atom is -0.481 e. The second-order valence-electron chi connectivity index (χ2n) is 5.43. The van der Waals surface area contributed by atoms with Gasteiger partial charge in [-0.15, -0.1) is 0 Å². The van der Waals surface area contributed by atoms with E-state index in [1.165, 1.54) is 0 Å². The van der Waals surface area contributed by atoms with E-state index in [1.54, 1.807) is 6.07 Å². The number of carbonyl (C=O) groups is 2. The Bertz CT molecular complexity index is 498. The van der Waals surface area contributed by atoms with Crippen LogP contribution in [0.1, 0.15) is 54.5 Å². The average molecular weight is 279 g/mol. The van der Waals surface area contributed by atoms with Crippen molar-refractivity contribution in [3.63, 3.8) is 0 Å². The number of rotatable bonds is 4. The summed E-state index contributed by atoms with van der Waals surface area (Å²) in [5, 5.41) is 11.9. The second-order valence-corrected chi connectivity index (χ2v) is 5.43. The molecule has 20 heavy (non-hydrogen) atoms. The molecule has 2 rings (SSSR count). The molecule has 1 aliphatic carbocycles. The van der Waals surface area contributed by atoms with Crippen LogP contribution in [0.4, 0.5) is 0 Å². The number of carbonyl (C=O) groups excluding carboxylic acids is 1. The third-order valence-corrected chi connectivity index (χ3v) is 3.98. The smallest absolute Gasteiger partial charge is 0.306 e. The van der Waals surface area contributed by atoms with E-state index in [2.05, 4.69) is 5.32 Å². The van der Waals surface area contributed by atoms with Gasteiger partial charge in [0.25, 0.3) is 5.91 Å². The van der Waals surface area contributed by atoms with Crippen LogP contribution in [0.15, 0.2) is 10.5 Å². The summed E-state index contributed by atoms with van der Waals surface area (Å²) >= 11 is 0. The Morgan fingerprint density at radius 1 is 1.35 bits per heavy atom. The van der Waals surface area contributed by atoms with Crippen LogP contribution < -0.4 is 5.32 Å². The maximum atomic E-state index is 12.1. The maximum absolute atomic E-state index is 12.1. The molecule has 0 atom stereocenters. The first-order chi connectivity index (χ1) is 9.51. The molecule has 1 fully saturated rings. The van der Waals surface area contributed by atoms with Crippen molar-refractivity contribution in [3.8, 4) is 0 Å². The van der Waals surface area contributed by atoms with Gasteiger partial charge >= 0.3 is 5.97 Å². The molecule has 1 heterocycles. The number of aliphatic carboxylic acids is 1. The Labute approximate surface area is 118 Å². The summed E-state index contributed by atoms with van der Waals surface area (Å²) in [5.41, 5.74) is 0.993. The molecule has 1 aromatic rings. The van der Waals surface area contributed by atoms with Gasteiger partial charge < -0.3 is 14.8 Å². The number of aryl methyl sites for hydroxylation is 2. The van der Waals surface area contributed by atoms with Crippen LogP contribution in [0.25, 0.3) is 0 Å². The quantitative estimate of drug-likeness (QED) is 0.887. The molecule has 1 aromatic heterocycles. The van der Waals surface area contributed by atoms with Gasteiger partial charge in [0.2, 0.25) is 0 Å². The van der Waals surface area contributed by atoms with Crippen LogP contribution in [-0.4, -0.2) is 23.0 Å². The van der Waals surface area contributed by atoms with E-state index in [9.17, 15) is 9.59 Å². The first kappa shape index (κ1) is 14.6. The van der Waals surface area contributed by atoms with E-state index in [0.717, 1.165) is 17.7 Å². The van der Waals surface area contributed by atoms with E-state index in [4.69, 9.17) is 9.52 Å². The van der Waals surface area contributed by atoms with Gasteiger partial charge in [-0.2, -0.15) is 0 Å². The number of amides is 1. The molecular formula is C15H21NO4. The standard InChI is InChI=1S/C15H21NO4/c1-3-12-9(2)8-13(20-12)14(17)16-11-6-4-10(5-7-11)15(18)19/h8,10-11H,3-7H2,1-2H3,(H,16,17)(H,18,19). The summed E-state index contributed by atoms with van der Waals surface area (Å²) in [6.07, 6.45) is 3.43. The number of carboxylic acid groups (broad SMARTS) is 1. The first-order valence-electron chi connectivity index (χ1n) is 7.14. The predicted molar refractivity (Wildman–Crippen MR) is 73.7 cm³/mol. The van der Waals surface area contributed by atoms with Crippen LogP contribution in [0.5, 0.6) is 0 Å². The molecule has 0 aliphatic heterocycles. The minimum atomic E-state index is -0.732. The molecule has 5 heteroatoms. The normalized spacial score (nSPS) is 22.5. The van der Waals surface area contributed by atoms with Gasteiger partial charge in [-0.25, -0.2) is 0 Å².